The zero-order valence-corrected chi connectivity index (χ0v) is 9.15. The highest BCUT2D eigenvalue weighted by molar-refractivity contribution is 4.59. The fourth-order valence-corrected chi connectivity index (χ4v) is 0.935. The van der Waals surface area contributed by atoms with E-state index in [0.717, 1.165) is 13.2 Å². The highest BCUT2D eigenvalue weighted by Crippen LogP contribution is 2.17. The lowest BCUT2D eigenvalue weighted by atomic mass is 9.93. The maximum absolute atomic E-state index is 5.51. The van der Waals surface area contributed by atoms with E-state index in [1.165, 1.54) is 25.7 Å². The summed E-state index contributed by atoms with van der Waals surface area (Å²) in [4.78, 5) is 0. The third-order valence-electron chi connectivity index (χ3n) is 1.89. The molecule has 0 amide bonds. The molecule has 74 valence electrons. The highest BCUT2D eigenvalue weighted by Gasteiger charge is 2.08. The van der Waals surface area contributed by atoms with E-state index in [0.29, 0.717) is 5.41 Å². The van der Waals surface area contributed by atoms with Gasteiger partial charge in [0.15, 0.2) is 0 Å². The van der Waals surface area contributed by atoms with Crippen LogP contribution in [0.15, 0.2) is 0 Å². The molecule has 0 aliphatic carbocycles. The molecule has 0 fully saturated rings. The molecule has 0 radical (unpaired) electrons. The molecule has 0 atom stereocenters. The van der Waals surface area contributed by atoms with Crippen molar-refractivity contribution in [2.75, 3.05) is 13.2 Å². The van der Waals surface area contributed by atoms with Crippen molar-refractivity contribution in [3.05, 3.63) is 0 Å². The van der Waals surface area contributed by atoms with Crippen LogP contribution in [0, 0.1) is 5.41 Å². The largest absolute Gasteiger partial charge is 0.381 e. The molecule has 0 spiro atoms. The Hall–Kier alpha value is -0.0400. The third-order valence-corrected chi connectivity index (χ3v) is 1.89. The first kappa shape index (κ1) is 12.0. The lowest BCUT2D eigenvalue weighted by Gasteiger charge is -2.17. The molecule has 0 heterocycles. The molecule has 0 aliphatic heterocycles. The minimum atomic E-state index is 0.421. The van der Waals surface area contributed by atoms with E-state index in [1.54, 1.807) is 0 Å². The predicted octanol–water partition coefficient (Wildman–Crippen LogP) is 3.63. The molecule has 0 aliphatic rings. The molecule has 0 unspecified atom stereocenters. The van der Waals surface area contributed by atoms with E-state index in [-0.39, 0.29) is 0 Å². The maximum atomic E-state index is 5.51. The van der Waals surface area contributed by atoms with E-state index < -0.39 is 0 Å². The summed E-state index contributed by atoms with van der Waals surface area (Å²) in [7, 11) is 0. The van der Waals surface area contributed by atoms with Crippen LogP contribution in [0.25, 0.3) is 0 Å². The van der Waals surface area contributed by atoms with Gasteiger partial charge in [-0.15, -0.1) is 0 Å². The van der Waals surface area contributed by atoms with Crippen molar-refractivity contribution in [2.45, 2.75) is 53.4 Å². The first-order valence-corrected chi connectivity index (χ1v) is 5.14. The van der Waals surface area contributed by atoms with Crippen LogP contribution in [0.1, 0.15) is 53.4 Å². The Morgan fingerprint density at radius 2 is 1.67 bits per heavy atom. The van der Waals surface area contributed by atoms with Crippen LogP contribution in [0.4, 0.5) is 0 Å². The van der Waals surface area contributed by atoms with Crippen LogP contribution < -0.4 is 0 Å². The van der Waals surface area contributed by atoms with E-state index in [1.807, 2.05) is 0 Å². The van der Waals surface area contributed by atoms with E-state index in [9.17, 15) is 0 Å². The second kappa shape index (κ2) is 6.47. The molecular formula is C11H24O. The maximum Gasteiger partial charge on any atom is 0.0471 e. The van der Waals surface area contributed by atoms with Gasteiger partial charge >= 0.3 is 0 Å². The summed E-state index contributed by atoms with van der Waals surface area (Å²) >= 11 is 0. The molecule has 1 heteroatoms. The molecule has 0 aromatic rings. The first-order valence-electron chi connectivity index (χ1n) is 5.14. The first-order chi connectivity index (χ1) is 5.56. The van der Waals surface area contributed by atoms with Crippen LogP contribution in [0.5, 0.6) is 0 Å². The van der Waals surface area contributed by atoms with Crippen LogP contribution in [0.3, 0.4) is 0 Å². The summed E-state index contributed by atoms with van der Waals surface area (Å²) < 4.78 is 5.51. The van der Waals surface area contributed by atoms with Crippen molar-refractivity contribution in [3.8, 4) is 0 Å². The molecule has 1 nitrogen and oxygen atoms in total. The second-order valence-electron chi connectivity index (χ2n) is 4.63. The summed E-state index contributed by atoms with van der Waals surface area (Å²) in [6.45, 7) is 10.8. The fourth-order valence-electron chi connectivity index (χ4n) is 0.935. The zero-order valence-electron chi connectivity index (χ0n) is 9.15. The van der Waals surface area contributed by atoms with Crippen molar-refractivity contribution in [3.63, 3.8) is 0 Å². The van der Waals surface area contributed by atoms with Gasteiger partial charge in [-0.3, -0.25) is 0 Å². The lowest BCUT2D eigenvalue weighted by molar-refractivity contribution is 0.105. The molecule has 0 rings (SSSR count). The number of rotatable bonds is 6. The van der Waals surface area contributed by atoms with E-state index in [4.69, 9.17) is 4.74 Å². The fraction of sp³-hybridized carbons (Fsp3) is 1.00. The third kappa shape index (κ3) is 9.96. The van der Waals surface area contributed by atoms with Gasteiger partial charge in [0.1, 0.15) is 0 Å². The Bertz CT molecular complexity index is 91.7. The van der Waals surface area contributed by atoms with Gasteiger partial charge in [0.25, 0.3) is 0 Å². The molecule has 12 heavy (non-hydrogen) atoms. The number of ether oxygens (including phenoxy) is 1. The monoisotopic (exact) mass is 172 g/mol. The summed E-state index contributed by atoms with van der Waals surface area (Å²) in [6.07, 6.45) is 4.97. The molecular weight excluding hydrogens is 148 g/mol. The lowest BCUT2D eigenvalue weighted by Crippen LogP contribution is -2.09. The van der Waals surface area contributed by atoms with Gasteiger partial charge in [0.05, 0.1) is 0 Å². The topological polar surface area (TPSA) is 9.23 Å². The normalized spacial score (nSPS) is 12.0. The van der Waals surface area contributed by atoms with Crippen molar-refractivity contribution >= 4 is 0 Å². The van der Waals surface area contributed by atoms with Gasteiger partial charge in [-0.1, -0.05) is 40.5 Å². The van der Waals surface area contributed by atoms with Gasteiger partial charge in [-0.2, -0.15) is 0 Å². The summed E-state index contributed by atoms with van der Waals surface area (Å²) in [5, 5.41) is 0. The highest BCUT2D eigenvalue weighted by atomic mass is 16.5. The van der Waals surface area contributed by atoms with Gasteiger partial charge in [-0.05, 0) is 18.3 Å². The second-order valence-corrected chi connectivity index (χ2v) is 4.63. The Balaban J connectivity index is 3.01. The van der Waals surface area contributed by atoms with Crippen molar-refractivity contribution in [1.82, 2.24) is 0 Å². The molecule has 0 saturated carbocycles. The van der Waals surface area contributed by atoms with Crippen LogP contribution in [-0.4, -0.2) is 13.2 Å². The average molecular weight is 172 g/mol. The van der Waals surface area contributed by atoms with Gasteiger partial charge in [-0.25, -0.2) is 0 Å². The van der Waals surface area contributed by atoms with Gasteiger partial charge in [0, 0.05) is 13.2 Å². The molecule has 0 N–H and O–H groups in total. The van der Waals surface area contributed by atoms with Gasteiger partial charge < -0.3 is 4.74 Å². The quantitative estimate of drug-likeness (QED) is 0.556. The van der Waals surface area contributed by atoms with Crippen molar-refractivity contribution < 1.29 is 4.74 Å². The standard InChI is InChI=1S/C11H24O/c1-5-6-7-9-12-10-8-11(2,3)4/h5-10H2,1-4H3. The van der Waals surface area contributed by atoms with Crippen molar-refractivity contribution in [2.24, 2.45) is 5.41 Å². The molecule has 0 saturated heterocycles. The van der Waals surface area contributed by atoms with Crippen LogP contribution >= 0.6 is 0 Å². The predicted molar refractivity (Wildman–Crippen MR) is 54.4 cm³/mol. The number of hydrogen-bond donors (Lipinski definition) is 0. The van der Waals surface area contributed by atoms with Crippen LogP contribution in [-0.2, 0) is 4.74 Å². The van der Waals surface area contributed by atoms with E-state index >= 15 is 0 Å². The Morgan fingerprint density at radius 1 is 1.00 bits per heavy atom. The number of unbranched alkanes of at least 4 members (excludes halogenated alkanes) is 2. The summed E-state index contributed by atoms with van der Waals surface area (Å²) in [5.74, 6) is 0. The Kier molecular flexibility index (Phi) is 6.45. The minimum absolute atomic E-state index is 0.421. The minimum Gasteiger partial charge on any atom is -0.381 e. The van der Waals surface area contributed by atoms with Gasteiger partial charge in [0.2, 0.25) is 0 Å². The van der Waals surface area contributed by atoms with Crippen molar-refractivity contribution in [1.29, 1.82) is 0 Å². The molecule has 0 aromatic carbocycles. The Labute approximate surface area is 77.5 Å². The summed E-state index contributed by atoms with van der Waals surface area (Å²) in [5.41, 5.74) is 0.421. The SMILES string of the molecule is CCCCCOCCC(C)(C)C. The van der Waals surface area contributed by atoms with E-state index in [2.05, 4.69) is 27.7 Å². The summed E-state index contributed by atoms with van der Waals surface area (Å²) in [6, 6.07) is 0. The Morgan fingerprint density at radius 3 is 2.17 bits per heavy atom. The smallest absolute Gasteiger partial charge is 0.0471 e. The zero-order chi connectivity index (χ0) is 9.45. The number of hydrogen-bond acceptors (Lipinski definition) is 1. The van der Waals surface area contributed by atoms with Crippen LogP contribution in [0.2, 0.25) is 0 Å². The molecule has 0 bridgehead atoms. The molecule has 0 aromatic heterocycles. The average Bonchev–Trinajstić information content (AvgIpc) is 1.94.